The van der Waals surface area contributed by atoms with Gasteiger partial charge in [-0.3, -0.25) is 23.5 Å². The van der Waals surface area contributed by atoms with E-state index in [0.717, 1.165) is 4.57 Å². The summed E-state index contributed by atoms with van der Waals surface area (Å²) in [6.45, 7) is 0. The first-order valence-corrected chi connectivity index (χ1v) is 9.12. The number of carbonyl (C=O) groups is 2. The van der Waals surface area contributed by atoms with Gasteiger partial charge in [-0.05, 0) is 6.07 Å². The fourth-order valence-electron chi connectivity index (χ4n) is 3.76. The number of anilines is 2. The summed E-state index contributed by atoms with van der Waals surface area (Å²) >= 11 is 0. The first kappa shape index (κ1) is 17.8. The van der Waals surface area contributed by atoms with Crippen LogP contribution in [0, 0.1) is 0 Å². The van der Waals surface area contributed by atoms with Crippen molar-refractivity contribution in [1.29, 1.82) is 0 Å². The molecule has 0 fully saturated rings. The summed E-state index contributed by atoms with van der Waals surface area (Å²) in [5.41, 5.74) is 0.944. The second kappa shape index (κ2) is 6.11. The summed E-state index contributed by atoms with van der Waals surface area (Å²) < 4.78 is 2.23. The van der Waals surface area contributed by atoms with Crippen LogP contribution in [0.5, 0.6) is 0 Å². The molecule has 148 valence electrons. The second-order valence-electron chi connectivity index (χ2n) is 7.05. The molecular formula is C21H15N5O4. The highest BCUT2D eigenvalue weighted by atomic mass is 16.2. The maximum atomic E-state index is 13.1. The Kier molecular flexibility index (Phi) is 3.63. The lowest BCUT2D eigenvalue weighted by molar-refractivity contribution is 0.0979. The molecule has 0 amide bonds. The van der Waals surface area contributed by atoms with E-state index in [1.807, 2.05) is 0 Å². The van der Waals surface area contributed by atoms with Crippen molar-refractivity contribution >= 4 is 34.4 Å². The molecule has 0 saturated carbocycles. The van der Waals surface area contributed by atoms with Gasteiger partial charge in [0.2, 0.25) is 5.95 Å². The van der Waals surface area contributed by atoms with E-state index in [4.69, 9.17) is 0 Å². The van der Waals surface area contributed by atoms with Crippen LogP contribution in [0.4, 0.5) is 11.6 Å². The van der Waals surface area contributed by atoms with Crippen molar-refractivity contribution in [3.8, 4) is 0 Å². The Labute approximate surface area is 168 Å². The van der Waals surface area contributed by atoms with Gasteiger partial charge in [-0.15, -0.1) is 0 Å². The lowest BCUT2D eigenvalue weighted by Gasteiger charge is -2.20. The quantitative estimate of drug-likeness (QED) is 0.462. The summed E-state index contributed by atoms with van der Waals surface area (Å²) in [5, 5.41) is 2.99. The van der Waals surface area contributed by atoms with Crippen LogP contribution in [0.3, 0.4) is 0 Å². The Bertz CT molecular complexity index is 1520. The van der Waals surface area contributed by atoms with Crippen LogP contribution in [-0.4, -0.2) is 30.7 Å². The van der Waals surface area contributed by atoms with Gasteiger partial charge in [0.1, 0.15) is 0 Å². The van der Waals surface area contributed by atoms with Gasteiger partial charge in [0, 0.05) is 30.8 Å². The topological polar surface area (TPSA) is 119 Å². The zero-order valence-corrected chi connectivity index (χ0v) is 16.0. The van der Waals surface area contributed by atoms with Crippen molar-refractivity contribution in [2.75, 3.05) is 5.32 Å². The molecule has 0 spiro atoms. The van der Waals surface area contributed by atoms with Crippen LogP contribution >= 0.6 is 0 Å². The van der Waals surface area contributed by atoms with Gasteiger partial charge < -0.3 is 10.3 Å². The second-order valence-corrected chi connectivity index (χ2v) is 7.05. The molecule has 4 aromatic rings. The number of aromatic nitrogens is 4. The Hall–Kier alpha value is -4.27. The zero-order valence-electron chi connectivity index (χ0n) is 16.0. The van der Waals surface area contributed by atoms with E-state index in [-0.39, 0.29) is 34.2 Å². The summed E-state index contributed by atoms with van der Waals surface area (Å²) in [7, 11) is 2.89. The summed E-state index contributed by atoms with van der Waals surface area (Å²) in [6.07, 6.45) is 0. The Balaban J connectivity index is 1.66. The van der Waals surface area contributed by atoms with E-state index < -0.39 is 11.2 Å². The molecule has 5 rings (SSSR count). The Morgan fingerprint density at radius 1 is 0.833 bits per heavy atom. The van der Waals surface area contributed by atoms with E-state index in [1.54, 1.807) is 42.5 Å². The minimum Gasteiger partial charge on any atom is -0.325 e. The normalized spacial score (nSPS) is 12.7. The summed E-state index contributed by atoms with van der Waals surface area (Å²) in [5.74, 6) is -0.330. The molecular weight excluding hydrogens is 386 g/mol. The zero-order chi connectivity index (χ0) is 21.2. The molecule has 2 aromatic carbocycles. The van der Waals surface area contributed by atoms with Gasteiger partial charge in [-0.2, -0.15) is 4.98 Å². The predicted octanol–water partition coefficient (Wildman–Crippen LogP) is 1.48. The molecule has 1 aliphatic carbocycles. The van der Waals surface area contributed by atoms with Crippen molar-refractivity contribution in [3.05, 3.63) is 85.6 Å². The highest BCUT2D eigenvalue weighted by molar-refractivity contribution is 6.30. The van der Waals surface area contributed by atoms with Crippen molar-refractivity contribution in [1.82, 2.24) is 19.1 Å². The van der Waals surface area contributed by atoms with Crippen LogP contribution < -0.4 is 16.6 Å². The number of carbonyl (C=O) groups excluding carboxylic acids is 2. The fourth-order valence-corrected chi connectivity index (χ4v) is 3.76. The standard InChI is InChI=1S/C21H15N5O4/c1-25-18-15(19(29)26(2)21(25)30)23-20(24-18)22-13-9-5-8-12-14(13)17(28)11-7-4-3-6-10(11)16(12)27/h3-9H,1-2H3,(H2,22,23,24). The first-order valence-electron chi connectivity index (χ1n) is 9.12. The maximum absolute atomic E-state index is 13.1. The fraction of sp³-hybridized carbons (Fsp3) is 0.0952. The molecule has 0 unspecified atom stereocenters. The van der Waals surface area contributed by atoms with Crippen LogP contribution in [0.2, 0.25) is 0 Å². The number of imidazole rings is 1. The van der Waals surface area contributed by atoms with Crippen LogP contribution in [0.15, 0.2) is 52.1 Å². The SMILES string of the molecule is Cn1c(=O)c2[nH]c(Nc3cccc4c3C(=O)c3ccccc3C4=O)nc2n(C)c1=O. The van der Waals surface area contributed by atoms with E-state index in [2.05, 4.69) is 15.3 Å². The molecule has 0 bridgehead atoms. The van der Waals surface area contributed by atoms with Gasteiger partial charge >= 0.3 is 5.69 Å². The monoisotopic (exact) mass is 401 g/mol. The van der Waals surface area contributed by atoms with E-state index >= 15 is 0 Å². The van der Waals surface area contributed by atoms with Crippen LogP contribution in [0.1, 0.15) is 31.8 Å². The molecule has 1 aliphatic rings. The van der Waals surface area contributed by atoms with Gasteiger partial charge in [-0.1, -0.05) is 36.4 Å². The Morgan fingerprint density at radius 3 is 2.23 bits per heavy atom. The number of H-pyrrole nitrogens is 1. The molecule has 30 heavy (non-hydrogen) atoms. The van der Waals surface area contributed by atoms with Crippen LogP contribution in [0.25, 0.3) is 11.2 Å². The largest absolute Gasteiger partial charge is 0.332 e. The van der Waals surface area contributed by atoms with Crippen molar-refractivity contribution in [3.63, 3.8) is 0 Å². The average Bonchev–Trinajstić information content (AvgIpc) is 3.18. The van der Waals surface area contributed by atoms with E-state index in [1.165, 1.54) is 18.7 Å². The molecule has 0 saturated heterocycles. The molecule has 9 heteroatoms. The van der Waals surface area contributed by atoms with Gasteiger partial charge in [0.25, 0.3) is 5.56 Å². The highest BCUT2D eigenvalue weighted by Crippen LogP contribution is 2.33. The minimum atomic E-state index is -0.510. The predicted molar refractivity (Wildman–Crippen MR) is 110 cm³/mol. The lowest BCUT2D eigenvalue weighted by atomic mass is 9.83. The number of aromatic amines is 1. The molecule has 0 radical (unpaired) electrons. The summed E-state index contributed by atoms with van der Waals surface area (Å²) in [6, 6.07) is 11.6. The smallest absolute Gasteiger partial charge is 0.325 e. The number of hydrogen-bond donors (Lipinski definition) is 2. The molecule has 0 aliphatic heterocycles. The number of nitrogens with zero attached hydrogens (tertiary/aromatic N) is 3. The molecule has 2 N–H and O–H groups in total. The number of hydrogen-bond acceptors (Lipinski definition) is 6. The van der Waals surface area contributed by atoms with Crippen molar-refractivity contribution < 1.29 is 9.59 Å². The average molecular weight is 401 g/mol. The number of fused-ring (bicyclic) bond motifs is 3. The van der Waals surface area contributed by atoms with Gasteiger partial charge in [0.15, 0.2) is 22.7 Å². The van der Waals surface area contributed by atoms with Crippen LogP contribution in [-0.2, 0) is 14.1 Å². The number of benzene rings is 2. The molecule has 9 nitrogen and oxygen atoms in total. The number of ketones is 2. The lowest BCUT2D eigenvalue weighted by Crippen LogP contribution is -2.36. The number of aryl methyl sites for hydroxylation is 1. The van der Waals surface area contributed by atoms with Crippen molar-refractivity contribution in [2.45, 2.75) is 0 Å². The number of rotatable bonds is 2. The van der Waals surface area contributed by atoms with E-state index in [9.17, 15) is 19.2 Å². The van der Waals surface area contributed by atoms with Gasteiger partial charge in [0.05, 0.1) is 11.3 Å². The molecule has 2 aromatic heterocycles. The third kappa shape index (κ3) is 2.32. The number of nitrogens with one attached hydrogen (secondary N) is 2. The summed E-state index contributed by atoms with van der Waals surface area (Å²) in [4.78, 5) is 57.7. The third-order valence-electron chi connectivity index (χ3n) is 5.30. The van der Waals surface area contributed by atoms with Gasteiger partial charge in [-0.25, -0.2) is 4.79 Å². The first-order chi connectivity index (χ1) is 14.4. The molecule has 0 atom stereocenters. The molecule has 2 heterocycles. The maximum Gasteiger partial charge on any atom is 0.332 e. The Morgan fingerprint density at radius 2 is 1.50 bits per heavy atom. The van der Waals surface area contributed by atoms with E-state index in [0.29, 0.717) is 22.4 Å². The van der Waals surface area contributed by atoms with Crippen molar-refractivity contribution in [2.24, 2.45) is 14.1 Å². The highest BCUT2D eigenvalue weighted by Gasteiger charge is 2.31. The third-order valence-corrected chi connectivity index (χ3v) is 5.30. The minimum absolute atomic E-state index is 0.152.